The highest BCUT2D eigenvalue weighted by Crippen LogP contribution is 2.39. The third-order valence-electron chi connectivity index (χ3n) is 11.3. The number of aryl methyl sites for hydroxylation is 1. The first-order valence-corrected chi connectivity index (χ1v) is 22.4. The number of thiophene rings is 1. The number of carbonyl (C=O) groups is 2. The topological polar surface area (TPSA) is 191 Å². The monoisotopic (exact) mass is 892 g/mol. The minimum atomic E-state index is -0.828. The van der Waals surface area contributed by atoms with E-state index in [1.54, 1.807) is 11.3 Å². The fourth-order valence-electron chi connectivity index (χ4n) is 8.06. The van der Waals surface area contributed by atoms with Crippen LogP contribution in [-0.2, 0) is 29.0 Å². The lowest BCUT2D eigenvalue weighted by atomic mass is 10.0. The van der Waals surface area contributed by atoms with Crippen molar-refractivity contribution in [3.05, 3.63) is 123 Å². The molecule has 0 bridgehead atoms. The Morgan fingerprint density at radius 3 is 2.45 bits per heavy atom. The smallest absolute Gasteiger partial charge is 0.382 e. The number of nitrogens with zero attached hydrogens (tertiary/aromatic N) is 6. The number of aliphatic carboxylic acids is 2. The van der Waals surface area contributed by atoms with Crippen LogP contribution in [0.3, 0.4) is 0 Å². The number of para-hydroxylation sites is 2. The summed E-state index contributed by atoms with van der Waals surface area (Å²) in [5.41, 5.74) is 6.79. The molecule has 1 aliphatic heterocycles. The second-order valence-corrected chi connectivity index (χ2v) is 17.4. The van der Waals surface area contributed by atoms with E-state index in [9.17, 15) is 14.7 Å². The normalized spacial score (nSPS) is 14.7. The fourth-order valence-corrected chi connectivity index (χ4v) is 9.28. The van der Waals surface area contributed by atoms with Gasteiger partial charge in [0, 0.05) is 59.9 Å². The molecule has 2 aliphatic rings. The summed E-state index contributed by atoms with van der Waals surface area (Å²) in [7, 11) is 0. The zero-order valence-electron chi connectivity index (χ0n) is 36.0. The van der Waals surface area contributed by atoms with Gasteiger partial charge in [-0.05, 0) is 109 Å². The molecule has 4 heterocycles. The zero-order valence-corrected chi connectivity index (χ0v) is 36.8. The Morgan fingerprint density at radius 2 is 1.68 bits per heavy atom. The third kappa shape index (κ3) is 9.68. The van der Waals surface area contributed by atoms with Gasteiger partial charge < -0.3 is 34.0 Å². The molecule has 1 atom stereocenters. The Kier molecular flexibility index (Phi) is 12.5. The van der Waals surface area contributed by atoms with E-state index in [0.717, 1.165) is 56.8 Å². The molecular formula is C49H46N7O8S+. The quantitative estimate of drug-likeness (QED) is 0.0831. The van der Waals surface area contributed by atoms with E-state index >= 15 is 0 Å². The summed E-state index contributed by atoms with van der Waals surface area (Å²) in [4.78, 5) is 40.8. The van der Waals surface area contributed by atoms with Gasteiger partial charge in [-0.1, -0.05) is 47.6 Å². The SMILES string of the molecule is CCc1cc(CN2CC(C(=O)O)C2)sc1-c1noc(-c2ccc(Oc3ccccc3[N+]#Cc3cc(-c4nc(-c5cccc6c5CCC6NCCC(=O)O)no4)ccc3OC(C)C)cc2)n1. The molecular weight excluding hydrogens is 847 g/mol. The van der Waals surface area contributed by atoms with Gasteiger partial charge in [0.2, 0.25) is 17.4 Å². The van der Waals surface area contributed by atoms with Crippen molar-refractivity contribution in [2.24, 2.45) is 5.92 Å². The van der Waals surface area contributed by atoms with Crippen LogP contribution in [0.4, 0.5) is 5.69 Å². The highest BCUT2D eigenvalue weighted by atomic mass is 32.1. The van der Waals surface area contributed by atoms with E-state index in [2.05, 4.69) is 45.7 Å². The second-order valence-electron chi connectivity index (χ2n) is 16.3. The first-order chi connectivity index (χ1) is 31.6. The van der Waals surface area contributed by atoms with Gasteiger partial charge in [0.1, 0.15) is 17.1 Å². The number of benzene rings is 4. The van der Waals surface area contributed by atoms with Crippen LogP contribution in [0.1, 0.15) is 66.8 Å². The average molecular weight is 893 g/mol. The molecule has 0 amide bonds. The molecule has 7 aromatic rings. The van der Waals surface area contributed by atoms with E-state index in [-0.39, 0.29) is 24.5 Å². The van der Waals surface area contributed by atoms with Gasteiger partial charge in [0.15, 0.2) is 0 Å². The van der Waals surface area contributed by atoms with Gasteiger partial charge in [-0.2, -0.15) is 9.97 Å². The molecule has 1 saturated heterocycles. The summed E-state index contributed by atoms with van der Waals surface area (Å²) < 4.78 is 24.0. The lowest BCUT2D eigenvalue weighted by molar-refractivity contribution is -0.147. The maximum Gasteiger partial charge on any atom is 0.382 e. The van der Waals surface area contributed by atoms with Gasteiger partial charge in [-0.15, -0.1) is 11.3 Å². The predicted molar refractivity (Wildman–Crippen MR) is 244 cm³/mol. The van der Waals surface area contributed by atoms with Crippen molar-refractivity contribution >= 4 is 29.0 Å². The second kappa shape index (κ2) is 18.9. The number of hydrogen-bond acceptors (Lipinski definition) is 13. The van der Waals surface area contributed by atoms with Crippen LogP contribution in [-0.4, -0.2) is 73.1 Å². The maximum atomic E-state index is 11.2. The van der Waals surface area contributed by atoms with Crippen LogP contribution in [0.5, 0.6) is 17.2 Å². The lowest BCUT2D eigenvalue weighted by Crippen LogP contribution is -2.49. The molecule has 3 N–H and O–H groups in total. The Balaban J connectivity index is 0.901. The van der Waals surface area contributed by atoms with Crippen molar-refractivity contribution in [1.29, 1.82) is 0 Å². The number of aromatic nitrogens is 4. The Morgan fingerprint density at radius 1 is 0.923 bits per heavy atom. The van der Waals surface area contributed by atoms with Crippen LogP contribution >= 0.6 is 11.3 Å². The number of rotatable bonds is 16. The number of fused-ring (bicyclic) bond motifs is 1. The van der Waals surface area contributed by atoms with Crippen LogP contribution in [0, 0.1) is 12.0 Å². The number of nitrogens with one attached hydrogen (secondary N) is 1. The largest absolute Gasteiger partial charge is 0.489 e. The zero-order chi connectivity index (χ0) is 45.0. The van der Waals surface area contributed by atoms with Crippen LogP contribution in [0.15, 0.2) is 100 Å². The molecule has 65 heavy (non-hydrogen) atoms. The van der Waals surface area contributed by atoms with Gasteiger partial charge in [-0.3, -0.25) is 14.5 Å². The van der Waals surface area contributed by atoms with Crippen LogP contribution in [0.25, 0.3) is 49.8 Å². The molecule has 1 unspecified atom stereocenters. The number of carboxylic acids is 2. The van der Waals surface area contributed by atoms with E-state index < -0.39 is 11.9 Å². The first kappa shape index (κ1) is 43.1. The van der Waals surface area contributed by atoms with Crippen molar-refractivity contribution < 1.29 is 38.3 Å². The Labute approximate surface area is 378 Å². The Hall–Kier alpha value is -7.19. The molecule has 330 valence electrons. The first-order valence-electron chi connectivity index (χ1n) is 21.6. The van der Waals surface area contributed by atoms with Gasteiger partial charge in [0.25, 0.3) is 11.8 Å². The highest BCUT2D eigenvalue weighted by molar-refractivity contribution is 7.15. The third-order valence-corrected chi connectivity index (χ3v) is 12.5. The number of ether oxygens (including phenoxy) is 2. The number of likely N-dealkylation sites (tertiary alicyclic amines) is 1. The molecule has 4 aromatic carbocycles. The molecule has 1 aliphatic carbocycles. The molecule has 1 fully saturated rings. The van der Waals surface area contributed by atoms with E-state index in [1.807, 2.05) is 92.7 Å². The molecule has 3 aromatic heterocycles. The summed E-state index contributed by atoms with van der Waals surface area (Å²) in [6, 6.07) is 31.8. The Bertz CT molecular complexity index is 2920. The number of carboxylic acid groups (broad SMARTS) is 2. The maximum absolute atomic E-state index is 11.2. The van der Waals surface area contributed by atoms with Crippen molar-refractivity contribution in [3.8, 4) is 68.3 Å². The van der Waals surface area contributed by atoms with Crippen LogP contribution < -0.4 is 14.8 Å². The molecule has 9 rings (SSSR count). The van der Waals surface area contributed by atoms with Gasteiger partial charge >= 0.3 is 23.7 Å². The molecule has 16 heteroatoms. The van der Waals surface area contributed by atoms with Crippen LogP contribution in [0.2, 0.25) is 0 Å². The van der Waals surface area contributed by atoms with Gasteiger partial charge in [0.05, 0.1) is 23.3 Å². The van der Waals surface area contributed by atoms with Crippen molar-refractivity contribution in [3.63, 3.8) is 0 Å². The standard InChI is InChI=1S/C49H45N7O8S/c1-4-29-23-35(27-56-25-33(26-56)49(59)60)65-44(29)46-53-47(63-55-46)30-12-15-34(16-13-30)62-42-11-6-5-10-40(42)51-24-32-22-31(14-19-41(32)61-28(2)3)48-52-45(54-64-48)38-9-7-8-37-36(38)17-18-39(37)50-21-20-43(57)58/h5-16,19,22-23,28,33,39,50H,4,17-18,20-21,25-27H2,1-3H3,(H-,57,58,59,60)/p+1. The fraction of sp³-hybridized carbons (Fsp3) is 0.286. The number of hydrogen-bond donors (Lipinski definition) is 3. The summed E-state index contributed by atoms with van der Waals surface area (Å²) in [5, 5.41) is 30.4. The van der Waals surface area contributed by atoms with Crippen molar-refractivity contribution in [1.82, 2.24) is 30.5 Å². The highest BCUT2D eigenvalue weighted by Gasteiger charge is 2.33. The van der Waals surface area contributed by atoms with E-state index in [0.29, 0.717) is 83.7 Å². The molecule has 0 radical (unpaired) electrons. The molecule has 0 spiro atoms. The van der Waals surface area contributed by atoms with E-state index in [4.69, 9.17) is 38.4 Å². The minimum Gasteiger partial charge on any atom is -0.489 e. The molecule has 0 saturated carbocycles. The summed E-state index contributed by atoms with van der Waals surface area (Å²) >= 11 is 1.61. The predicted octanol–water partition coefficient (Wildman–Crippen LogP) is 9.90. The minimum absolute atomic E-state index is 0.0622. The van der Waals surface area contributed by atoms with E-state index in [1.165, 1.54) is 0 Å². The van der Waals surface area contributed by atoms with Crippen molar-refractivity contribution in [2.75, 3.05) is 19.6 Å². The summed E-state index contributed by atoms with van der Waals surface area (Å²) in [6.07, 6.45) is 2.43. The molecule has 15 nitrogen and oxygen atoms in total. The lowest BCUT2D eigenvalue weighted by Gasteiger charge is -2.36. The van der Waals surface area contributed by atoms with Gasteiger partial charge in [-0.25, -0.2) is 0 Å². The summed E-state index contributed by atoms with van der Waals surface area (Å²) in [6.45, 7) is 8.20. The average Bonchev–Trinajstić information content (AvgIpc) is 4.12. The summed E-state index contributed by atoms with van der Waals surface area (Å²) in [5.74, 6) is 1.52. The van der Waals surface area contributed by atoms with Crippen molar-refractivity contribution in [2.45, 2.75) is 65.1 Å².